The molecule has 1 N–H and O–H groups in total. The highest BCUT2D eigenvalue weighted by Gasteiger charge is 2.31. The Hall–Kier alpha value is -0.210. The lowest BCUT2D eigenvalue weighted by Gasteiger charge is -2.38. The molecular formula is C9H21N3O3S. The maximum atomic E-state index is 12.0. The molecule has 0 unspecified atom stereocenters. The molecule has 0 amide bonds. The van der Waals surface area contributed by atoms with Gasteiger partial charge in [0.05, 0.1) is 12.4 Å². The van der Waals surface area contributed by atoms with Crippen molar-refractivity contribution in [2.45, 2.75) is 13.0 Å². The number of sulfonamides is 1. The van der Waals surface area contributed by atoms with Crippen LogP contribution in [0.2, 0.25) is 0 Å². The maximum Gasteiger partial charge on any atom is 0.216 e. The van der Waals surface area contributed by atoms with E-state index in [1.54, 1.807) is 4.31 Å². The molecule has 1 atom stereocenters. The molecule has 1 aliphatic rings. The number of hydrogen-bond acceptors (Lipinski definition) is 5. The largest absolute Gasteiger partial charge is 0.384 e. The van der Waals surface area contributed by atoms with Gasteiger partial charge in [0, 0.05) is 32.8 Å². The Labute approximate surface area is 97.6 Å². The average Bonchev–Trinajstić information content (AvgIpc) is 2.25. The van der Waals surface area contributed by atoms with Crippen LogP contribution in [-0.2, 0) is 14.8 Å². The second-order valence-electron chi connectivity index (χ2n) is 3.94. The average molecular weight is 251 g/mol. The first-order chi connectivity index (χ1) is 7.51. The van der Waals surface area contributed by atoms with Crippen molar-refractivity contribution in [2.75, 3.05) is 46.2 Å². The zero-order valence-corrected chi connectivity index (χ0v) is 11.0. The number of hydrazine groups is 1. The molecule has 0 aromatic heterocycles. The van der Waals surface area contributed by atoms with Gasteiger partial charge in [0.2, 0.25) is 10.0 Å². The zero-order chi connectivity index (χ0) is 12.2. The second kappa shape index (κ2) is 5.92. The lowest BCUT2D eigenvalue weighted by atomic mass is 10.3. The van der Waals surface area contributed by atoms with Crippen LogP contribution in [0.25, 0.3) is 0 Å². The van der Waals surface area contributed by atoms with E-state index in [9.17, 15) is 8.42 Å². The van der Waals surface area contributed by atoms with E-state index in [0.29, 0.717) is 19.6 Å². The summed E-state index contributed by atoms with van der Waals surface area (Å²) in [6.45, 7) is 4.14. The summed E-state index contributed by atoms with van der Waals surface area (Å²) in [5.74, 6) is 0.0629. The van der Waals surface area contributed by atoms with Crippen molar-refractivity contribution >= 4 is 10.0 Å². The van der Waals surface area contributed by atoms with Crippen LogP contribution in [0.4, 0.5) is 0 Å². The molecule has 1 heterocycles. The van der Waals surface area contributed by atoms with E-state index < -0.39 is 10.0 Å². The lowest BCUT2D eigenvalue weighted by molar-refractivity contribution is 0.105. The van der Waals surface area contributed by atoms with Crippen molar-refractivity contribution in [3.63, 3.8) is 0 Å². The van der Waals surface area contributed by atoms with E-state index in [1.165, 1.54) is 7.11 Å². The van der Waals surface area contributed by atoms with Crippen LogP contribution >= 0.6 is 0 Å². The summed E-state index contributed by atoms with van der Waals surface area (Å²) in [5.41, 5.74) is 3.04. The Morgan fingerprint density at radius 3 is 2.62 bits per heavy atom. The number of rotatable bonds is 5. The SMILES string of the molecule is CNN1CCN(S(=O)(=O)CCOC)[C@H](C)C1. The monoisotopic (exact) mass is 251 g/mol. The fraction of sp³-hybridized carbons (Fsp3) is 1.00. The van der Waals surface area contributed by atoms with E-state index >= 15 is 0 Å². The van der Waals surface area contributed by atoms with Crippen molar-refractivity contribution < 1.29 is 13.2 Å². The van der Waals surface area contributed by atoms with Gasteiger partial charge in [0.25, 0.3) is 0 Å². The van der Waals surface area contributed by atoms with Gasteiger partial charge in [0.15, 0.2) is 0 Å². The first-order valence-electron chi connectivity index (χ1n) is 5.42. The topological polar surface area (TPSA) is 61.9 Å². The summed E-state index contributed by atoms with van der Waals surface area (Å²) >= 11 is 0. The van der Waals surface area contributed by atoms with Gasteiger partial charge in [-0.15, -0.1) is 0 Å². The van der Waals surface area contributed by atoms with E-state index in [4.69, 9.17) is 4.74 Å². The highest BCUT2D eigenvalue weighted by atomic mass is 32.2. The first-order valence-corrected chi connectivity index (χ1v) is 7.03. The number of hydrogen-bond donors (Lipinski definition) is 1. The van der Waals surface area contributed by atoms with Gasteiger partial charge in [-0.2, -0.15) is 4.31 Å². The van der Waals surface area contributed by atoms with Crippen molar-refractivity contribution in [1.82, 2.24) is 14.7 Å². The van der Waals surface area contributed by atoms with Gasteiger partial charge < -0.3 is 4.74 Å². The predicted molar refractivity (Wildman–Crippen MR) is 62.5 cm³/mol. The molecule has 16 heavy (non-hydrogen) atoms. The van der Waals surface area contributed by atoms with E-state index in [0.717, 1.165) is 0 Å². The van der Waals surface area contributed by atoms with E-state index in [-0.39, 0.29) is 18.4 Å². The van der Waals surface area contributed by atoms with Crippen LogP contribution in [0.3, 0.4) is 0 Å². The third-order valence-corrected chi connectivity index (χ3v) is 4.73. The second-order valence-corrected chi connectivity index (χ2v) is 5.98. The molecule has 0 spiro atoms. The highest BCUT2D eigenvalue weighted by molar-refractivity contribution is 7.89. The summed E-state index contributed by atoms with van der Waals surface area (Å²) in [6, 6.07) is 0.00283. The summed E-state index contributed by atoms with van der Waals surface area (Å²) in [5, 5.41) is 2.02. The van der Waals surface area contributed by atoms with Crippen molar-refractivity contribution in [3.05, 3.63) is 0 Å². The summed E-state index contributed by atoms with van der Waals surface area (Å²) in [6.07, 6.45) is 0. The minimum atomic E-state index is -3.17. The molecule has 1 fully saturated rings. The van der Waals surface area contributed by atoms with Crippen LogP contribution in [0, 0.1) is 0 Å². The molecule has 0 bridgehead atoms. The fourth-order valence-corrected chi connectivity index (χ4v) is 3.45. The predicted octanol–water partition coefficient (Wildman–Crippen LogP) is -0.897. The number of methoxy groups -OCH3 is 1. The van der Waals surface area contributed by atoms with Gasteiger partial charge in [-0.1, -0.05) is 0 Å². The minimum absolute atomic E-state index is 0.00283. The molecule has 0 aromatic carbocycles. The van der Waals surface area contributed by atoms with Crippen LogP contribution in [0.1, 0.15) is 6.92 Å². The first kappa shape index (κ1) is 13.9. The summed E-state index contributed by atoms with van der Waals surface area (Å²) in [4.78, 5) is 0. The van der Waals surface area contributed by atoms with Gasteiger partial charge in [-0.3, -0.25) is 5.43 Å². The quantitative estimate of drug-likeness (QED) is 0.686. The van der Waals surface area contributed by atoms with Crippen LogP contribution in [0.15, 0.2) is 0 Å². The number of nitrogens with one attached hydrogen (secondary N) is 1. The summed E-state index contributed by atoms with van der Waals surface area (Å²) in [7, 11) is 0.188. The van der Waals surface area contributed by atoms with Gasteiger partial charge in [0.1, 0.15) is 0 Å². The maximum absolute atomic E-state index is 12.0. The van der Waals surface area contributed by atoms with Crippen molar-refractivity contribution in [2.24, 2.45) is 0 Å². The molecule has 0 radical (unpaired) electrons. The molecule has 6 nitrogen and oxygen atoms in total. The third-order valence-electron chi connectivity index (χ3n) is 2.79. The molecule has 96 valence electrons. The molecule has 0 saturated carbocycles. The number of piperazine rings is 1. The minimum Gasteiger partial charge on any atom is -0.384 e. The molecule has 1 saturated heterocycles. The van der Waals surface area contributed by atoms with Crippen molar-refractivity contribution in [1.29, 1.82) is 0 Å². The lowest BCUT2D eigenvalue weighted by Crippen LogP contribution is -2.57. The van der Waals surface area contributed by atoms with Crippen LogP contribution in [0.5, 0.6) is 0 Å². The van der Waals surface area contributed by atoms with E-state index in [2.05, 4.69) is 5.43 Å². The van der Waals surface area contributed by atoms with E-state index in [1.807, 2.05) is 19.0 Å². The Morgan fingerprint density at radius 2 is 2.12 bits per heavy atom. The molecule has 0 aromatic rings. The van der Waals surface area contributed by atoms with Crippen LogP contribution < -0.4 is 5.43 Å². The van der Waals surface area contributed by atoms with Crippen molar-refractivity contribution in [3.8, 4) is 0 Å². The molecule has 1 rings (SSSR count). The van der Waals surface area contributed by atoms with Gasteiger partial charge in [-0.25, -0.2) is 13.4 Å². The smallest absolute Gasteiger partial charge is 0.216 e. The van der Waals surface area contributed by atoms with Crippen LogP contribution in [-0.4, -0.2) is 69.9 Å². The molecule has 0 aliphatic carbocycles. The third kappa shape index (κ3) is 3.39. The summed E-state index contributed by atoms with van der Waals surface area (Å²) < 4.78 is 30.3. The Morgan fingerprint density at radius 1 is 1.44 bits per heavy atom. The Balaban J connectivity index is 2.60. The van der Waals surface area contributed by atoms with Gasteiger partial charge in [-0.05, 0) is 14.0 Å². The molecule has 1 aliphatic heterocycles. The zero-order valence-electron chi connectivity index (χ0n) is 10.1. The number of nitrogens with zero attached hydrogens (tertiary/aromatic N) is 2. The number of ether oxygens (including phenoxy) is 1. The normalized spacial score (nSPS) is 24.8. The molecular weight excluding hydrogens is 230 g/mol. The fourth-order valence-electron chi connectivity index (χ4n) is 1.86. The highest BCUT2D eigenvalue weighted by Crippen LogP contribution is 2.13. The Bertz CT molecular complexity index is 307. The van der Waals surface area contributed by atoms with Gasteiger partial charge >= 0.3 is 0 Å². The standard InChI is InChI=1S/C9H21N3O3S/c1-9-8-11(10-2)4-5-12(9)16(13,14)7-6-15-3/h9-10H,4-8H2,1-3H3/t9-/m1/s1. The molecule has 7 heteroatoms. The Kier molecular flexibility index (Phi) is 5.13.